The van der Waals surface area contributed by atoms with Crippen molar-refractivity contribution in [3.8, 4) is 0 Å². The molecule has 1 aromatic carbocycles. The smallest absolute Gasteiger partial charge is 0.352 e. The highest BCUT2D eigenvalue weighted by molar-refractivity contribution is 7.89. The van der Waals surface area contributed by atoms with Crippen molar-refractivity contribution in [1.82, 2.24) is 15.6 Å². The quantitative estimate of drug-likeness (QED) is 0.516. The molecule has 0 aliphatic heterocycles. The molecule has 0 amide bonds. The van der Waals surface area contributed by atoms with Crippen molar-refractivity contribution in [3.05, 3.63) is 45.9 Å². The molecule has 0 aliphatic rings. The number of nitrogens with two attached hydrogens (primary N) is 1. The van der Waals surface area contributed by atoms with Gasteiger partial charge in [0.15, 0.2) is 11.7 Å². The van der Waals surface area contributed by atoms with Gasteiger partial charge in [0.2, 0.25) is 10.0 Å². The molecule has 12 heteroatoms. The molecule has 1 heterocycles. The maximum absolute atomic E-state index is 12.5. The van der Waals surface area contributed by atoms with Gasteiger partial charge in [0.25, 0.3) is 0 Å². The zero-order valence-corrected chi connectivity index (χ0v) is 15.2. The molecule has 0 radical (unpaired) electrons. The van der Waals surface area contributed by atoms with E-state index in [4.69, 9.17) is 5.14 Å². The molecule has 2 rings (SSSR count). The van der Waals surface area contributed by atoms with Gasteiger partial charge >= 0.3 is 6.18 Å². The van der Waals surface area contributed by atoms with Crippen molar-refractivity contribution in [2.24, 2.45) is 10.1 Å². The molecule has 0 bridgehead atoms. The molecule has 1 aromatic heterocycles. The second-order valence-electron chi connectivity index (χ2n) is 5.09. The molecule has 7 nitrogen and oxygen atoms in total. The first-order valence-corrected chi connectivity index (χ1v) is 9.60. The Morgan fingerprint density at radius 1 is 1.23 bits per heavy atom. The fourth-order valence-electron chi connectivity index (χ4n) is 1.88. The molecule has 142 valence electrons. The maximum Gasteiger partial charge on any atom is 0.434 e. The SMILES string of the molecule is CN=C(NCc1ccc(S(N)(=O)=O)cc1)NCc1nc(C(F)(F)F)cs1. The van der Waals surface area contributed by atoms with E-state index in [9.17, 15) is 21.6 Å². The molecular weight excluding hydrogens is 391 g/mol. The van der Waals surface area contributed by atoms with Crippen molar-refractivity contribution in [2.45, 2.75) is 24.2 Å². The Morgan fingerprint density at radius 2 is 1.85 bits per heavy atom. The van der Waals surface area contributed by atoms with Crippen LogP contribution in [0.3, 0.4) is 0 Å². The monoisotopic (exact) mass is 407 g/mol. The van der Waals surface area contributed by atoms with Crippen LogP contribution in [0.1, 0.15) is 16.3 Å². The number of hydrogen-bond donors (Lipinski definition) is 3. The van der Waals surface area contributed by atoms with Crippen molar-refractivity contribution in [2.75, 3.05) is 7.05 Å². The largest absolute Gasteiger partial charge is 0.434 e. The minimum atomic E-state index is -4.46. The van der Waals surface area contributed by atoms with E-state index in [1.165, 1.54) is 19.2 Å². The predicted molar refractivity (Wildman–Crippen MR) is 92.0 cm³/mol. The number of aromatic nitrogens is 1. The molecule has 0 fully saturated rings. The summed E-state index contributed by atoms with van der Waals surface area (Å²) in [6.45, 7) is 0.418. The number of rotatable bonds is 5. The zero-order chi connectivity index (χ0) is 19.4. The summed E-state index contributed by atoms with van der Waals surface area (Å²) in [6, 6.07) is 5.96. The van der Waals surface area contributed by atoms with Gasteiger partial charge in [0, 0.05) is 19.0 Å². The zero-order valence-electron chi connectivity index (χ0n) is 13.5. The summed E-state index contributed by atoms with van der Waals surface area (Å²) >= 11 is 0.902. The number of guanidine groups is 1. The molecule has 0 atom stereocenters. The third kappa shape index (κ3) is 5.68. The first-order chi connectivity index (χ1) is 12.1. The van der Waals surface area contributed by atoms with Gasteiger partial charge in [-0.2, -0.15) is 13.2 Å². The highest BCUT2D eigenvalue weighted by atomic mass is 32.2. The molecule has 0 saturated heterocycles. The van der Waals surface area contributed by atoms with Crippen molar-refractivity contribution in [3.63, 3.8) is 0 Å². The lowest BCUT2D eigenvalue weighted by Gasteiger charge is -2.11. The van der Waals surface area contributed by atoms with Gasteiger partial charge < -0.3 is 10.6 Å². The second kappa shape index (κ2) is 8.01. The first-order valence-electron chi connectivity index (χ1n) is 7.17. The van der Waals surface area contributed by atoms with Gasteiger partial charge in [-0.25, -0.2) is 18.5 Å². The van der Waals surface area contributed by atoms with Crippen LogP contribution in [0.4, 0.5) is 13.2 Å². The number of sulfonamides is 1. The lowest BCUT2D eigenvalue weighted by Crippen LogP contribution is -2.36. The Balaban J connectivity index is 1.89. The van der Waals surface area contributed by atoms with Crippen LogP contribution in [0.25, 0.3) is 0 Å². The fourth-order valence-corrected chi connectivity index (χ4v) is 3.14. The molecule has 4 N–H and O–H groups in total. The van der Waals surface area contributed by atoms with E-state index in [1.807, 2.05) is 0 Å². The molecular formula is C14H16F3N5O2S2. The second-order valence-corrected chi connectivity index (χ2v) is 7.60. The van der Waals surface area contributed by atoms with Gasteiger partial charge in [-0.1, -0.05) is 12.1 Å². The molecule has 0 unspecified atom stereocenters. The summed E-state index contributed by atoms with van der Waals surface area (Å²) in [6.07, 6.45) is -4.46. The first kappa shape index (κ1) is 20.1. The third-order valence-electron chi connectivity index (χ3n) is 3.18. The van der Waals surface area contributed by atoms with E-state index in [2.05, 4.69) is 20.6 Å². The van der Waals surface area contributed by atoms with Crippen molar-refractivity contribution in [1.29, 1.82) is 0 Å². The number of hydrogen-bond acceptors (Lipinski definition) is 5. The van der Waals surface area contributed by atoms with Gasteiger partial charge in [-0.05, 0) is 17.7 Å². The Bertz CT molecular complexity index is 877. The number of benzene rings is 1. The van der Waals surface area contributed by atoms with Crippen LogP contribution < -0.4 is 15.8 Å². The average molecular weight is 407 g/mol. The van der Waals surface area contributed by atoms with E-state index in [1.54, 1.807) is 12.1 Å². The van der Waals surface area contributed by atoms with Gasteiger partial charge in [0.05, 0.1) is 11.4 Å². The van der Waals surface area contributed by atoms with Crippen LogP contribution in [0.15, 0.2) is 39.5 Å². The third-order valence-corrected chi connectivity index (χ3v) is 4.96. The van der Waals surface area contributed by atoms with Gasteiger partial charge in [0.1, 0.15) is 5.01 Å². The standard InChI is InChI=1S/C14H16F3N5O2S2/c1-19-13(21-7-12-22-11(8-25-12)14(15,16)17)20-6-9-2-4-10(5-3-9)26(18,23)24/h2-5,8H,6-7H2,1H3,(H2,18,23,24)(H2,19,20,21). The normalized spacial score (nSPS) is 12.9. The van der Waals surface area contributed by atoms with Crippen LogP contribution >= 0.6 is 11.3 Å². The summed E-state index contributed by atoms with van der Waals surface area (Å²) < 4.78 is 60.0. The molecule has 2 aromatic rings. The van der Waals surface area contributed by atoms with E-state index in [0.717, 1.165) is 22.3 Å². The summed E-state index contributed by atoms with van der Waals surface area (Å²) in [5, 5.41) is 12.1. The Morgan fingerprint density at radius 3 is 2.35 bits per heavy atom. The number of halogens is 3. The highest BCUT2D eigenvalue weighted by Crippen LogP contribution is 2.29. The van der Waals surface area contributed by atoms with Crippen LogP contribution in [-0.4, -0.2) is 26.4 Å². The van der Waals surface area contributed by atoms with Crippen molar-refractivity contribution >= 4 is 27.3 Å². The average Bonchev–Trinajstić information content (AvgIpc) is 3.04. The van der Waals surface area contributed by atoms with E-state index < -0.39 is 21.9 Å². The predicted octanol–water partition coefficient (Wildman–Crippen LogP) is 1.67. The van der Waals surface area contributed by atoms with E-state index in [0.29, 0.717) is 12.5 Å². The van der Waals surface area contributed by atoms with Crippen molar-refractivity contribution < 1.29 is 21.6 Å². The molecule has 0 saturated carbocycles. The number of nitrogens with one attached hydrogen (secondary N) is 2. The van der Waals surface area contributed by atoms with Gasteiger partial charge in [-0.15, -0.1) is 11.3 Å². The highest BCUT2D eigenvalue weighted by Gasteiger charge is 2.33. The van der Waals surface area contributed by atoms with Crippen LogP contribution in [-0.2, 0) is 29.3 Å². The number of primary sulfonamides is 1. The molecule has 0 spiro atoms. The van der Waals surface area contributed by atoms with Gasteiger partial charge in [-0.3, -0.25) is 4.99 Å². The summed E-state index contributed by atoms with van der Waals surface area (Å²) in [5.41, 5.74) is -0.147. The summed E-state index contributed by atoms with van der Waals surface area (Å²) in [4.78, 5) is 7.49. The summed E-state index contributed by atoms with van der Waals surface area (Å²) in [5.74, 6) is 0.365. The van der Waals surface area contributed by atoms with Crippen LogP contribution in [0.2, 0.25) is 0 Å². The number of nitrogens with zero attached hydrogens (tertiary/aromatic N) is 2. The molecule has 26 heavy (non-hydrogen) atoms. The minimum absolute atomic E-state index is 0.00740. The van der Waals surface area contributed by atoms with Crippen LogP contribution in [0, 0.1) is 0 Å². The lowest BCUT2D eigenvalue weighted by atomic mass is 10.2. The van der Waals surface area contributed by atoms with Crippen LogP contribution in [0.5, 0.6) is 0 Å². The Hall–Kier alpha value is -2.18. The fraction of sp³-hybridized carbons (Fsp3) is 0.286. The number of aliphatic imine (C=N–C) groups is 1. The number of alkyl halides is 3. The van der Waals surface area contributed by atoms with E-state index in [-0.39, 0.29) is 16.4 Å². The summed E-state index contributed by atoms with van der Waals surface area (Å²) in [7, 11) is -2.23. The molecule has 0 aliphatic carbocycles. The topological polar surface area (TPSA) is 109 Å². The maximum atomic E-state index is 12.5. The Labute approximate surface area is 152 Å². The number of thiazole rings is 1. The lowest BCUT2D eigenvalue weighted by molar-refractivity contribution is -0.140. The van der Waals surface area contributed by atoms with E-state index >= 15 is 0 Å². The Kier molecular flexibility index (Phi) is 6.21. The minimum Gasteiger partial charge on any atom is -0.352 e.